The number of aryl methyl sites for hydroxylation is 1. The van der Waals surface area contributed by atoms with Crippen LogP contribution in [0.5, 0.6) is 17.2 Å². The quantitative estimate of drug-likeness (QED) is 0.348. The van der Waals surface area contributed by atoms with Crippen LogP contribution in [0.25, 0.3) is 22.2 Å². The van der Waals surface area contributed by atoms with Crippen LogP contribution in [0, 0.1) is 6.92 Å². The average molecular weight is 422 g/mol. The lowest BCUT2D eigenvalue weighted by Crippen LogP contribution is -1.91. The highest BCUT2D eigenvalue weighted by atomic mass is 16.5. The molecule has 0 aliphatic rings. The van der Waals surface area contributed by atoms with Crippen molar-refractivity contribution in [1.82, 2.24) is 15.0 Å². The van der Waals surface area contributed by atoms with Gasteiger partial charge in [-0.25, -0.2) is 4.98 Å². The van der Waals surface area contributed by atoms with Crippen molar-refractivity contribution >= 4 is 10.9 Å². The van der Waals surface area contributed by atoms with Gasteiger partial charge in [0.05, 0.1) is 24.5 Å². The van der Waals surface area contributed by atoms with Crippen molar-refractivity contribution in [2.75, 3.05) is 7.11 Å². The molecule has 5 aromatic rings. The third-order valence-corrected chi connectivity index (χ3v) is 5.39. The van der Waals surface area contributed by atoms with Gasteiger partial charge in [0.25, 0.3) is 0 Å². The van der Waals surface area contributed by atoms with Gasteiger partial charge >= 0.3 is 0 Å². The van der Waals surface area contributed by atoms with E-state index in [1.807, 2.05) is 54.7 Å². The highest BCUT2D eigenvalue weighted by Crippen LogP contribution is 2.31. The Morgan fingerprint density at radius 3 is 2.53 bits per heavy atom. The van der Waals surface area contributed by atoms with E-state index in [1.165, 1.54) is 11.1 Å². The summed E-state index contributed by atoms with van der Waals surface area (Å²) in [6, 6.07) is 24.1. The van der Waals surface area contributed by atoms with Crippen LogP contribution < -0.4 is 9.47 Å². The number of pyridine rings is 1. The average Bonchev–Trinajstić information content (AvgIpc) is 3.28. The molecule has 5 heteroatoms. The van der Waals surface area contributed by atoms with Crippen LogP contribution in [0.1, 0.15) is 17.0 Å². The predicted molar refractivity (Wildman–Crippen MR) is 126 cm³/mol. The van der Waals surface area contributed by atoms with E-state index in [9.17, 15) is 0 Å². The molecule has 0 aliphatic heterocycles. The number of hydrogen-bond donors (Lipinski definition) is 1. The first-order valence-corrected chi connectivity index (χ1v) is 10.5. The second kappa shape index (κ2) is 8.55. The van der Waals surface area contributed by atoms with Gasteiger partial charge in [0, 0.05) is 24.1 Å². The Balaban J connectivity index is 1.33. The Bertz CT molecular complexity index is 1370. The molecule has 3 aromatic carbocycles. The molecule has 0 saturated carbocycles. The van der Waals surface area contributed by atoms with E-state index in [0.29, 0.717) is 0 Å². The van der Waals surface area contributed by atoms with Crippen molar-refractivity contribution < 1.29 is 9.47 Å². The largest absolute Gasteiger partial charge is 0.497 e. The first kappa shape index (κ1) is 19.8. The van der Waals surface area contributed by atoms with Gasteiger partial charge in [-0.1, -0.05) is 29.8 Å². The van der Waals surface area contributed by atoms with Crippen molar-refractivity contribution in [3.63, 3.8) is 0 Å². The molecule has 0 fully saturated rings. The van der Waals surface area contributed by atoms with Gasteiger partial charge in [-0.3, -0.25) is 4.98 Å². The lowest BCUT2D eigenvalue weighted by atomic mass is 10.1. The summed E-state index contributed by atoms with van der Waals surface area (Å²) in [6.07, 6.45) is 4.40. The smallest absolute Gasteiger partial charge is 0.138 e. The summed E-state index contributed by atoms with van der Waals surface area (Å²) >= 11 is 0. The number of aromatic amines is 1. The SMILES string of the molecule is COc1ccc2c(Oc3ccc(-c4cnc(Cc5cccc(C)c5)[nH]4)cc3)ccnc2c1. The normalized spacial score (nSPS) is 10.9. The summed E-state index contributed by atoms with van der Waals surface area (Å²) < 4.78 is 11.4. The van der Waals surface area contributed by atoms with Crippen LogP contribution in [0.4, 0.5) is 0 Å². The molecular formula is C27H23N3O2. The lowest BCUT2D eigenvalue weighted by molar-refractivity contribution is 0.415. The summed E-state index contributed by atoms with van der Waals surface area (Å²) in [5, 5.41) is 0.937. The number of rotatable bonds is 6. The molecule has 158 valence electrons. The standard InChI is InChI=1S/C27H23N3O2/c1-18-4-3-5-19(14-18)15-27-29-17-25(30-27)20-6-8-21(9-7-20)32-26-12-13-28-24-16-22(31-2)10-11-23(24)26/h3-14,16-17H,15H2,1-2H3,(H,29,30). The van der Waals surface area contributed by atoms with Gasteiger partial charge in [0.1, 0.15) is 23.1 Å². The lowest BCUT2D eigenvalue weighted by Gasteiger charge is -2.10. The van der Waals surface area contributed by atoms with Crippen molar-refractivity contribution in [1.29, 1.82) is 0 Å². The molecule has 0 aliphatic carbocycles. The third-order valence-electron chi connectivity index (χ3n) is 5.39. The van der Waals surface area contributed by atoms with Gasteiger partial charge in [-0.15, -0.1) is 0 Å². The second-order valence-electron chi connectivity index (χ2n) is 7.73. The fraction of sp³-hybridized carbons (Fsp3) is 0.111. The minimum atomic E-state index is 0.757. The molecule has 0 atom stereocenters. The molecule has 0 amide bonds. The fourth-order valence-electron chi connectivity index (χ4n) is 3.76. The van der Waals surface area contributed by atoms with Crippen molar-refractivity contribution in [2.24, 2.45) is 0 Å². The maximum absolute atomic E-state index is 6.14. The third kappa shape index (κ3) is 4.18. The Morgan fingerprint density at radius 1 is 0.875 bits per heavy atom. The van der Waals surface area contributed by atoms with Crippen molar-refractivity contribution in [3.05, 3.63) is 102 Å². The first-order chi connectivity index (χ1) is 15.7. The van der Waals surface area contributed by atoms with Gasteiger partial charge in [0.15, 0.2) is 0 Å². The number of ether oxygens (including phenoxy) is 2. The number of benzene rings is 3. The zero-order valence-electron chi connectivity index (χ0n) is 18.0. The topological polar surface area (TPSA) is 60.0 Å². The molecule has 0 radical (unpaired) electrons. The van der Waals surface area contributed by atoms with Gasteiger partial charge in [-0.05, 0) is 60.5 Å². The van der Waals surface area contributed by atoms with Crippen LogP contribution >= 0.6 is 0 Å². The summed E-state index contributed by atoms with van der Waals surface area (Å²) in [6.45, 7) is 2.10. The maximum Gasteiger partial charge on any atom is 0.138 e. The molecule has 5 rings (SSSR count). The van der Waals surface area contributed by atoms with Gasteiger partial charge in [-0.2, -0.15) is 0 Å². The fourth-order valence-corrected chi connectivity index (χ4v) is 3.76. The summed E-state index contributed by atoms with van der Waals surface area (Å²) in [5.74, 6) is 3.24. The van der Waals surface area contributed by atoms with E-state index in [1.54, 1.807) is 13.3 Å². The molecule has 2 heterocycles. The number of aromatic nitrogens is 3. The van der Waals surface area contributed by atoms with E-state index in [-0.39, 0.29) is 0 Å². The molecule has 1 N–H and O–H groups in total. The minimum Gasteiger partial charge on any atom is -0.497 e. The Kier molecular flexibility index (Phi) is 5.30. The Morgan fingerprint density at radius 2 is 1.72 bits per heavy atom. The highest BCUT2D eigenvalue weighted by molar-refractivity contribution is 5.86. The van der Waals surface area contributed by atoms with Crippen LogP contribution in [0.2, 0.25) is 0 Å². The number of fused-ring (bicyclic) bond motifs is 1. The summed E-state index contributed by atoms with van der Waals surface area (Å²) in [5.41, 5.74) is 5.38. The molecule has 5 nitrogen and oxygen atoms in total. The van der Waals surface area contributed by atoms with Crippen LogP contribution in [0.15, 0.2) is 85.2 Å². The van der Waals surface area contributed by atoms with Gasteiger partial charge < -0.3 is 14.5 Å². The monoisotopic (exact) mass is 421 g/mol. The van der Waals surface area contributed by atoms with E-state index in [4.69, 9.17) is 9.47 Å². The minimum absolute atomic E-state index is 0.757. The molecular weight excluding hydrogens is 398 g/mol. The number of hydrogen-bond acceptors (Lipinski definition) is 4. The van der Waals surface area contributed by atoms with Crippen LogP contribution in [-0.2, 0) is 6.42 Å². The number of nitrogens with one attached hydrogen (secondary N) is 1. The number of methoxy groups -OCH3 is 1. The maximum atomic E-state index is 6.14. The van der Waals surface area contributed by atoms with Gasteiger partial charge in [0.2, 0.25) is 0 Å². The summed E-state index contributed by atoms with van der Waals surface area (Å²) in [7, 11) is 1.65. The predicted octanol–water partition coefficient (Wildman–Crippen LogP) is 6.33. The van der Waals surface area contributed by atoms with Crippen molar-refractivity contribution in [2.45, 2.75) is 13.3 Å². The molecule has 0 bridgehead atoms. The summed E-state index contributed by atoms with van der Waals surface area (Å²) in [4.78, 5) is 12.4. The van der Waals surface area contributed by atoms with E-state index in [2.05, 4.69) is 46.1 Å². The number of H-pyrrole nitrogens is 1. The van der Waals surface area contributed by atoms with Crippen LogP contribution in [-0.4, -0.2) is 22.1 Å². The zero-order valence-corrected chi connectivity index (χ0v) is 18.0. The molecule has 0 saturated heterocycles. The highest BCUT2D eigenvalue weighted by Gasteiger charge is 2.08. The van der Waals surface area contributed by atoms with E-state index < -0.39 is 0 Å². The molecule has 0 unspecified atom stereocenters. The van der Waals surface area contributed by atoms with Crippen molar-refractivity contribution in [3.8, 4) is 28.5 Å². The second-order valence-corrected chi connectivity index (χ2v) is 7.73. The number of imidazole rings is 1. The van der Waals surface area contributed by atoms with E-state index in [0.717, 1.165) is 51.7 Å². The first-order valence-electron chi connectivity index (χ1n) is 10.5. The number of nitrogens with zero attached hydrogens (tertiary/aromatic N) is 2. The zero-order chi connectivity index (χ0) is 21.9. The Hall–Kier alpha value is -4.12. The molecule has 32 heavy (non-hydrogen) atoms. The molecule has 2 aromatic heterocycles. The van der Waals surface area contributed by atoms with E-state index >= 15 is 0 Å². The Labute approximate surface area is 186 Å². The van der Waals surface area contributed by atoms with Crippen LogP contribution in [0.3, 0.4) is 0 Å². The molecule has 0 spiro atoms.